The zero-order valence-corrected chi connectivity index (χ0v) is 25.2. The lowest BCUT2D eigenvalue weighted by molar-refractivity contribution is -0.142. The van der Waals surface area contributed by atoms with Crippen LogP contribution in [0.5, 0.6) is 5.75 Å². The van der Waals surface area contributed by atoms with E-state index in [2.05, 4.69) is 25.2 Å². The highest BCUT2D eigenvalue weighted by Crippen LogP contribution is 2.41. The van der Waals surface area contributed by atoms with Crippen molar-refractivity contribution < 1.29 is 37.7 Å². The SMILES string of the molecule is COC[C@@H]1CCCN1Cc1sc(NC(O)c2cnc(N3CCC(C(=O)O)CC3)cn2)nc1-c1ccc(OC)c(C(F)(F)F)c1. The molecule has 1 aromatic carbocycles. The fourth-order valence-corrected chi connectivity index (χ4v) is 6.71. The summed E-state index contributed by atoms with van der Waals surface area (Å²) >= 11 is 1.25. The van der Waals surface area contributed by atoms with E-state index in [4.69, 9.17) is 9.47 Å². The number of likely N-dealkylation sites (tertiary alicyclic amines) is 1. The van der Waals surface area contributed by atoms with Gasteiger partial charge in [-0.15, -0.1) is 11.3 Å². The second-order valence-electron chi connectivity index (χ2n) is 10.9. The van der Waals surface area contributed by atoms with Crippen LogP contribution in [0.3, 0.4) is 0 Å². The number of aliphatic hydroxyl groups is 1. The zero-order valence-electron chi connectivity index (χ0n) is 24.4. The fraction of sp³-hybridized carbons (Fsp3) is 0.517. The van der Waals surface area contributed by atoms with Gasteiger partial charge >= 0.3 is 12.1 Å². The second-order valence-corrected chi connectivity index (χ2v) is 12.0. The topological polar surface area (TPSA) is 133 Å². The van der Waals surface area contributed by atoms with Gasteiger partial charge in [0.25, 0.3) is 0 Å². The van der Waals surface area contributed by atoms with Gasteiger partial charge < -0.3 is 29.9 Å². The molecule has 4 heterocycles. The predicted octanol–water partition coefficient (Wildman–Crippen LogP) is 4.64. The number of aromatic nitrogens is 3. The first kappa shape index (κ1) is 31.9. The monoisotopic (exact) mass is 636 g/mol. The fourth-order valence-electron chi connectivity index (χ4n) is 5.67. The number of benzene rings is 1. The quantitative estimate of drug-likeness (QED) is 0.254. The lowest BCUT2D eigenvalue weighted by Gasteiger charge is -2.30. The number of aliphatic hydroxyl groups excluding tert-OH is 1. The number of hydrogen-bond acceptors (Lipinski definition) is 11. The van der Waals surface area contributed by atoms with E-state index in [0.29, 0.717) is 55.7 Å². The number of carboxylic acid groups (broad SMARTS) is 1. The van der Waals surface area contributed by atoms with E-state index in [1.807, 2.05) is 4.90 Å². The third kappa shape index (κ3) is 7.22. The van der Waals surface area contributed by atoms with Crippen LogP contribution in [0.2, 0.25) is 0 Å². The van der Waals surface area contributed by atoms with Crippen molar-refractivity contribution in [1.29, 1.82) is 0 Å². The predicted molar refractivity (Wildman–Crippen MR) is 158 cm³/mol. The number of ether oxygens (including phenoxy) is 2. The Labute approximate surface area is 256 Å². The van der Waals surface area contributed by atoms with Crippen molar-refractivity contribution in [3.8, 4) is 17.0 Å². The number of carbonyl (C=O) groups is 1. The molecule has 2 aliphatic rings. The number of piperidine rings is 1. The molecule has 2 aromatic heterocycles. The molecule has 3 aromatic rings. The molecule has 3 N–H and O–H groups in total. The number of methoxy groups -OCH3 is 2. The van der Waals surface area contributed by atoms with Crippen LogP contribution in [0.15, 0.2) is 30.6 Å². The van der Waals surface area contributed by atoms with E-state index in [-0.39, 0.29) is 29.0 Å². The third-order valence-electron chi connectivity index (χ3n) is 8.05. The minimum Gasteiger partial charge on any atom is -0.496 e. The number of hydrogen-bond donors (Lipinski definition) is 3. The summed E-state index contributed by atoms with van der Waals surface area (Å²) in [6.45, 7) is 2.91. The summed E-state index contributed by atoms with van der Waals surface area (Å²) in [6.07, 6.45) is 0.0296. The van der Waals surface area contributed by atoms with Crippen LogP contribution in [0.1, 0.15) is 48.0 Å². The van der Waals surface area contributed by atoms with E-state index < -0.39 is 23.9 Å². The van der Waals surface area contributed by atoms with Gasteiger partial charge in [0.15, 0.2) is 11.4 Å². The number of nitrogens with one attached hydrogen (secondary N) is 1. The molecule has 15 heteroatoms. The summed E-state index contributed by atoms with van der Waals surface area (Å²) in [5, 5.41) is 23.4. The molecule has 0 spiro atoms. The summed E-state index contributed by atoms with van der Waals surface area (Å²) in [4.78, 5) is 29.5. The van der Waals surface area contributed by atoms with Gasteiger partial charge in [-0.25, -0.2) is 9.97 Å². The van der Waals surface area contributed by atoms with Gasteiger partial charge in [0.2, 0.25) is 0 Å². The Morgan fingerprint density at radius 2 is 1.93 bits per heavy atom. The minimum absolute atomic E-state index is 0.183. The van der Waals surface area contributed by atoms with Gasteiger partial charge in [-0.1, -0.05) is 0 Å². The van der Waals surface area contributed by atoms with Crippen molar-refractivity contribution in [1.82, 2.24) is 19.9 Å². The van der Waals surface area contributed by atoms with E-state index in [0.717, 1.165) is 30.3 Å². The Morgan fingerprint density at radius 1 is 1.16 bits per heavy atom. The normalized spacial score (nSPS) is 18.9. The van der Waals surface area contributed by atoms with Gasteiger partial charge in [-0.05, 0) is 50.4 Å². The van der Waals surface area contributed by atoms with Crippen LogP contribution in [0.25, 0.3) is 11.3 Å². The number of anilines is 2. The average Bonchev–Trinajstić information content (AvgIpc) is 3.63. The van der Waals surface area contributed by atoms with Gasteiger partial charge in [0, 0.05) is 43.2 Å². The Morgan fingerprint density at radius 3 is 2.57 bits per heavy atom. The summed E-state index contributed by atoms with van der Waals surface area (Å²) < 4.78 is 51.9. The Bertz CT molecular complexity index is 1430. The van der Waals surface area contributed by atoms with Crippen molar-refractivity contribution >= 4 is 28.3 Å². The first-order chi connectivity index (χ1) is 21.1. The summed E-state index contributed by atoms with van der Waals surface area (Å²) in [6, 6.07) is 4.06. The van der Waals surface area contributed by atoms with Crippen molar-refractivity contribution in [3.05, 3.63) is 46.7 Å². The summed E-state index contributed by atoms with van der Waals surface area (Å²) in [7, 11) is 2.84. The molecule has 5 rings (SSSR count). The molecular weight excluding hydrogens is 601 g/mol. The number of carboxylic acids is 1. The molecule has 0 amide bonds. The average molecular weight is 637 g/mol. The molecule has 2 saturated heterocycles. The Balaban J connectivity index is 1.37. The minimum atomic E-state index is -4.62. The van der Waals surface area contributed by atoms with E-state index >= 15 is 0 Å². The molecule has 2 atom stereocenters. The zero-order chi connectivity index (χ0) is 31.4. The van der Waals surface area contributed by atoms with Crippen LogP contribution in [0, 0.1) is 5.92 Å². The summed E-state index contributed by atoms with van der Waals surface area (Å²) in [5.74, 6) is -0.858. The van der Waals surface area contributed by atoms with E-state index in [1.165, 1.54) is 36.9 Å². The van der Waals surface area contributed by atoms with Crippen molar-refractivity contribution in [2.45, 2.75) is 50.7 Å². The number of halogens is 3. The Kier molecular flexibility index (Phi) is 9.87. The molecule has 44 heavy (non-hydrogen) atoms. The lowest BCUT2D eigenvalue weighted by atomic mass is 9.97. The molecular formula is C29H35F3N6O5S. The molecule has 11 nitrogen and oxygen atoms in total. The molecule has 238 valence electrons. The van der Waals surface area contributed by atoms with E-state index in [9.17, 15) is 28.2 Å². The maximum Gasteiger partial charge on any atom is 0.419 e. The highest BCUT2D eigenvalue weighted by molar-refractivity contribution is 7.16. The van der Waals surface area contributed by atoms with Crippen molar-refractivity contribution in [3.63, 3.8) is 0 Å². The van der Waals surface area contributed by atoms with Gasteiger partial charge in [0.1, 0.15) is 17.3 Å². The van der Waals surface area contributed by atoms with Gasteiger partial charge in [0.05, 0.1) is 43.3 Å². The summed E-state index contributed by atoms with van der Waals surface area (Å²) in [5.41, 5.74) is 0.000266. The molecule has 0 aliphatic carbocycles. The van der Waals surface area contributed by atoms with Crippen LogP contribution >= 0.6 is 11.3 Å². The van der Waals surface area contributed by atoms with Crippen LogP contribution < -0.4 is 15.0 Å². The van der Waals surface area contributed by atoms with Crippen molar-refractivity contribution in [2.24, 2.45) is 5.92 Å². The molecule has 0 radical (unpaired) electrons. The maximum absolute atomic E-state index is 13.9. The number of thiazole rings is 1. The van der Waals surface area contributed by atoms with Gasteiger partial charge in [-0.3, -0.25) is 14.7 Å². The molecule has 1 unspecified atom stereocenters. The van der Waals surface area contributed by atoms with Gasteiger partial charge in [-0.2, -0.15) is 13.2 Å². The molecule has 2 fully saturated rings. The number of alkyl halides is 3. The Hall–Kier alpha value is -3.53. The highest BCUT2D eigenvalue weighted by Gasteiger charge is 2.35. The number of rotatable bonds is 11. The molecule has 0 bridgehead atoms. The largest absolute Gasteiger partial charge is 0.496 e. The first-order valence-corrected chi connectivity index (χ1v) is 15.1. The smallest absolute Gasteiger partial charge is 0.419 e. The van der Waals surface area contributed by atoms with Crippen LogP contribution in [0.4, 0.5) is 24.1 Å². The first-order valence-electron chi connectivity index (χ1n) is 14.3. The lowest BCUT2D eigenvalue weighted by Crippen LogP contribution is -2.36. The molecule has 0 saturated carbocycles. The maximum atomic E-state index is 13.9. The van der Waals surface area contributed by atoms with Crippen LogP contribution in [-0.4, -0.2) is 82.5 Å². The van der Waals surface area contributed by atoms with Crippen LogP contribution in [-0.2, 0) is 22.3 Å². The standard InChI is InChI=1S/C29H35F3N6O5S/c1-42-16-19-4-3-9-38(19)15-23-25(18-5-6-22(43-2)20(12-18)29(30,31)32)35-28(44-23)36-26(39)21-13-34-24(14-33-21)37-10-7-17(8-11-37)27(40)41/h5-6,12-14,17,19,26,39H,3-4,7-11,15-16H2,1-2H3,(H,35,36)(H,40,41)/t19-,26?/m0/s1. The number of aliphatic carboxylic acids is 1. The number of nitrogens with zero attached hydrogens (tertiary/aromatic N) is 5. The highest BCUT2D eigenvalue weighted by atomic mass is 32.1. The molecule has 2 aliphatic heterocycles. The van der Waals surface area contributed by atoms with Crippen molar-refractivity contribution in [2.75, 3.05) is 50.7 Å². The van der Waals surface area contributed by atoms with E-state index in [1.54, 1.807) is 13.2 Å². The second kappa shape index (κ2) is 13.6. The third-order valence-corrected chi connectivity index (χ3v) is 9.02.